The van der Waals surface area contributed by atoms with Gasteiger partial charge in [0.05, 0.1) is 5.75 Å². The number of benzene rings is 3. The van der Waals surface area contributed by atoms with Crippen LogP contribution in [0.3, 0.4) is 0 Å². The van der Waals surface area contributed by atoms with E-state index in [4.69, 9.17) is 4.74 Å². The fourth-order valence-corrected chi connectivity index (χ4v) is 4.51. The number of hydrogen-bond donors (Lipinski definition) is 1. The highest BCUT2D eigenvalue weighted by molar-refractivity contribution is 7.99. The molecule has 0 saturated heterocycles. The van der Waals surface area contributed by atoms with Gasteiger partial charge in [0.2, 0.25) is 5.91 Å². The van der Waals surface area contributed by atoms with Crippen molar-refractivity contribution in [2.24, 2.45) is 0 Å². The number of nitrogens with zero attached hydrogens (tertiary/aromatic N) is 3. The molecule has 4 rings (SSSR count). The van der Waals surface area contributed by atoms with E-state index in [1.807, 2.05) is 66.9 Å². The Morgan fingerprint density at radius 3 is 2.61 bits per heavy atom. The van der Waals surface area contributed by atoms with Crippen LogP contribution in [-0.2, 0) is 11.4 Å². The summed E-state index contributed by atoms with van der Waals surface area (Å²) in [5.41, 5.74) is 3.01. The Morgan fingerprint density at radius 1 is 1.03 bits per heavy atom. The number of amides is 1. The lowest BCUT2D eigenvalue weighted by Gasteiger charge is -2.15. The van der Waals surface area contributed by atoms with Crippen LogP contribution in [0.5, 0.6) is 5.75 Å². The largest absolute Gasteiger partial charge is 0.485 e. The minimum Gasteiger partial charge on any atom is -0.485 e. The number of aromatic nitrogens is 3. The fraction of sp³-hybridized carbons (Fsp3) is 0.269. The number of thioether (sulfide) groups is 1. The molecule has 0 saturated carbocycles. The van der Waals surface area contributed by atoms with E-state index in [0.29, 0.717) is 11.8 Å². The molecule has 0 radical (unpaired) electrons. The van der Waals surface area contributed by atoms with E-state index in [0.717, 1.165) is 39.2 Å². The average molecular weight is 461 g/mol. The first-order chi connectivity index (χ1) is 15.9. The van der Waals surface area contributed by atoms with Crippen LogP contribution in [0.25, 0.3) is 10.8 Å². The highest BCUT2D eigenvalue weighted by atomic mass is 32.2. The summed E-state index contributed by atoms with van der Waals surface area (Å²) in [5.74, 6) is 1.75. The molecule has 0 aliphatic rings. The van der Waals surface area contributed by atoms with Gasteiger partial charge in [-0.1, -0.05) is 54.2 Å². The standard InChI is InChI=1S/C26H28N4O2S/c1-17(2)30-24(15-32-23-13-18(3)9-10-19(23)4)28-29-26(30)33-16-25(31)27-22-12-11-20-7-5-6-8-21(20)14-22/h5-14,17H,15-16H2,1-4H3,(H,27,31). The van der Waals surface area contributed by atoms with E-state index < -0.39 is 0 Å². The van der Waals surface area contributed by atoms with Crippen LogP contribution in [0, 0.1) is 13.8 Å². The highest BCUT2D eigenvalue weighted by Gasteiger charge is 2.17. The Kier molecular flexibility index (Phi) is 6.99. The average Bonchev–Trinajstić information content (AvgIpc) is 3.21. The first-order valence-electron chi connectivity index (χ1n) is 11.0. The molecule has 33 heavy (non-hydrogen) atoms. The second-order valence-electron chi connectivity index (χ2n) is 8.32. The van der Waals surface area contributed by atoms with Crippen LogP contribution >= 0.6 is 11.8 Å². The molecule has 0 bridgehead atoms. The molecule has 0 spiro atoms. The van der Waals surface area contributed by atoms with Crippen molar-refractivity contribution in [1.82, 2.24) is 14.8 Å². The number of hydrogen-bond acceptors (Lipinski definition) is 5. The predicted octanol–water partition coefficient (Wildman–Crippen LogP) is 5.94. The summed E-state index contributed by atoms with van der Waals surface area (Å²) in [7, 11) is 0. The topological polar surface area (TPSA) is 69.0 Å². The number of nitrogens with one attached hydrogen (secondary N) is 1. The zero-order valence-electron chi connectivity index (χ0n) is 19.3. The lowest BCUT2D eigenvalue weighted by molar-refractivity contribution is -0.113. The van der Waals surface area contributed by atoms with Gasteiger partial charge in [0.15, 0.2) is 11.0 Å². The van der Waals surface area contributed by atoms with Crippen LogP contribution in [0.15, 0.2) is 65.8 Å². The lowest BCUT2D eigenvalue weighted by atomic mass is 10.1. The van der Waals surface area contributed by atoms with Gasteiger partial charge in [-0.05, 0) is 67.8 Å². The zero-order chi connectivity index (χ0) is 23.4. The second-order valence-corrected chi connectivity index (χ2v) is 9.26. The third-order valence-electron chi connectivity index (χ3n) is 5.32. The maximum absolute atomic E-state index is 12.6. The van der Waals surface area contributed by atoms with Gasteiger partial charge in [-0.2, -0.15) is 0 Å². The second kappa shape index (κ2) is 10.1. The summed E-state index contributed by atoms with van der Waals surface area (Å²) in [6.07, 6.45) is 0. The summed E-state index contributed by atoms with van der Waals surface area (Å²) in [6, 6.07) is 20.3. The summed E-state index contributed by atoms with van der Waals surface area (Å²) in [5, 5.41) is 14.6. The number of ether oxygens (including phenoxy) is 1. The highest BCUT2D eigenvalue weighted by Crippen LogP contribution is 2.25. The van der Waals surface area contributed by atoms with Crippen molar-refractivity contribution in [2.45, 2.75) is 45.5 Å². The maximum atomic E-state index is 12.6. The van der Waals surface area contributed by atoms with Gasteiger partial charge >= 0.3 is 0 Å². The van der Waals surface area contributed by atoms with Crippen LogP contribution in [0.1, 0.15) is 36.8 Å². The van der Waals surface area contributed by atoms with Gasteiger partial charge in [-0.3, -0.25) is 4.79 Å². The first-order valence-corrected chi connectivity index (χ1v) is 11.9. The lowest BCUT2D eigenvalue weighted by Crippen LogP contribution is -2.15. The maximum Gasteiger partial charge on any atom is 0.234 e. The van der Waals surface area contributed by atoms with Crippen LogP contribution < -0.4 is 10.1 Å². The van der Waals surface area contributed by atoms with Gasteiger partial charge in [0.25, 0.3) is 0 Å². The Hall–Kier alpha value is -3.32. The Bertz CT molecular complexity index is 1280. The number of anilines is 1. The molecule has 0 aliphatic heterocycles. The van der Waals surface area contributed by atoms with Crippen LogP contribution in [-0.4, -0.2) is 26.4 Å². The van der Waals surface area contributed by atoms with Gasteiger partial charge < -0.3 is 14.6 Å². The van der Waals surface area contributed by atoms with E-state index in [9.17, 15) is 4.79 Å². The van der Waals surface area contributed by atoms with Gasteiger partial charge in [-0.25, -0.2) is 0 Å². The molecule has 1 heterocycles. The molecular weight excluding hydrogens is 432 g/mol. The zero-order valence-corrected chi connectivity index (χ0v) is 20.1. The van der Waals surface area contributed by atoms with Crippen molar-refractivity contribution in [1.29, 1.82) is 0 Å². The Labute approximate surface area is 198 Å². The number of fused-ring (bicyclic) bond motifs is 1. The molecule has 1 amide bonds. The predicted molar refractivity (Wildman–Crippen MR) is 134 cm³/mol. The number of carbonyl (C=O) groups is 1. The number of aryl methyl sites for hydroxylation is 2. The van der Waals surface area contributed by atoms with Crippen molar-refractivity contribution in [2.75, 3.05) is 11.1 Å². The van der Waals surface area contributed by atoms with Crippen molar-refractivity contribution in [3.05, 3.63) is 77.6 Å². The van der Waals surface area contributed by atoms with E-state index in [2.05, 4.69) is 41.5 Å². The summed E-state index contributed by atoms with van der Waals surface area (Å²) in [4.78, 5) is 12.6. The smallest absolute Gasteiger partial charge is 0.234 e. The number of rotatable bonds is 8. The van der Waals surface area contributed by atoms with E-state index in [1.54, 1.807) is 0 Å². The molecule has 1 aromatic heterocycles. The molecular formula is C26H28N4O2S. The van der Waals surface area contributed by atoms with E-state index in [1.165, 1.54) is 11.8 Å². The molecule has 0 fully saturated rings. The molecule has 0 aliphatic carbocycles. The monoisotopic (exact) mass is 460 g/mol. The van der Waals surface area contributed by atoms with E-state index in [-0.39, 0.29) is 17.7 Å². The normalized spacial score (nSPS) is 11.2. The molecule has 3 aromatic carbocycles. The van der Waals surface area contributed by atoms with Crippen molar-refractivity contribution >= 4 is 34.1 Å². The Morgan fingerprint density at radius 2 is 1.82 bits per heavy atom. The summed E-state index contributed by atoms with van der Waals surface area (Å²) >= 11 is 1.38. The summed E-state index contributed by atoms with van der Waals surface area (Å²) < 4.78 is 8.06. The van der Waals surface area contributed by atoms with E-state index >= 15 is 0 Å². The van der Waals surface area contributed by atoms with Crippen LogP contribution in [0.2, 0.25) is 0 Å². The number of carbonyl (C=O) groups excluding carboxylic acids is 1. The molecule has 7 heteroatoms. The van der Waals surface area contributed by atoms with Crippen molar-refractivity contribution < 1.29 is 9.53 Å². The molecule has 0 unspecified atom stereocenters. The van der Waals surface area contributed by atoms with Gasteiger partial charge in [-0.15, -0.1) is 10.2 Å². The quantitative estimate of drug-likeness (QED) is 0.330. The SMILES string of the molecule is Cc1ccc(C)c(OCc2nnc(SCC(=O)Nc3ccc4ccccc4c3)n2C(C)C)c1. The molecule has 1 N–H and O–H groups in total. The fourth-order valence-electron chi connectivity index (χ4n) is 3.62. The minimum atomic E-state index is -0.0817. The molecule has 4 aromatic rings. The third kappa shape index (κ3) is 5.54. The third-order valence-corrected chi connectivity index (χ3v) is 6.26. The first kappa shape index (κ1) is 22.9. The minimum absolute atomic E-state index is 0.0817. The van der Waals surface area contributed by atoms with Crippen molar-refractivity contribution in [3.8, 4) is 5.75 Å². The van der Waals surface area contributed by atoms with Crippen LogP contribution in [0.4, 0.5) is 5.69 Å². The summed E-state index contributed by atoms with van der Waals surface area (Å²) in [6.45, 7) is 8.53. The Balaban J connectivity index is 1.40. The molecule has 170 valence electrons. The molecule has 0 atom stereocenters. The molecule has 6 nitrogen and oxygen atoms in total. The van der Waals surface area contributed by atoms with Gasteiger partial charge in [0.1, 0.15) is 12.4 Å². The van der Waals surface area contributed by atoms with Gasteiger partial charge in [0, 0.05) is 11.7 Å². The van der Waals surface area contributed by atoms with Crippen molar-refractivity contribution in [3.63, 3.8) is 0 Å².